The number of carbonyl (C=O) groups is 2. The van der Waals surface area contributed by atoms with Gasteiger partial charge >= 0.3 is 0 Å². The molecule has 34 heavy (non-hydrogen) atoms. The van der Waals surface area contributed by atoms with Crippen LogP contribution in [0.4, 0.5) is 5.69 Å². The van der Waals surface area contributed by atoms with E-state index in [1.807, 2.05) is 42.5 Å². The Hall–Kier alpha value is -4.26. The van der Waals surface area contributed by atoms with E-state index >= 15 is 0 Å². The van der Waals surface area contributed by atoms with E-state index in [1.54, 1.807) is 13.2 Å². The number of hydrogen-bond donors (Lipinski definition) is 2. The smallest absolute Gasteiger partial charge is 0.255 e. The van der Waals surface area contributed by atoms with Crippen LogP contribution in [-0.2, 0) is 16.1 Å². The summed E-state index contributed by atoms with van der Waals surface area (Å²) in [6.45, 7) is 0.489. The van der Waals surface area contributed by atoms with Gasteiger partial charge in [0.25, 0.3) is 5.91 Å². The van der Waals surface area contributed by atoms with E-state index in [2.05, 4.69) is 34.3 Å². The normalized spacial score (nSPS) is 15.0. The second-order valence-corrected chi connectivity index (χ2v) is 8.37. The zero-order valence-electron chi connectivity index (χ0n) is 18.8. The van der Waals surface area contributed by atoms with Crippen molar-refractivity contribution >= 4 is 28.4 Å². The Labute approximate surface area is 197 Å². The Morgan fingerprint density at radius 2 is 1.91 bits per heavy atom. The number of nitrogens with zero attached hydrogens (tertiary/aromatic N) is 1. The monoisotopic (exact) mass is 455 g/mol. The molecule has 0 bridgehead atoms. The van der Waals surface area contributed by atoms with E-state index in [0.29, 0.717) is 17.9 Å². The highest BCUT2D eigenvalue weighted by Crippen LogP contribution is 2.42. The van der Waals surface area contributed by atoms with Gasteiger partial charge < -0.3 is 25.1 Å². The molecule has 0 aliphatic carbocycles. The first kappa shape index (κ1) is 21.6. The van der Waals surface area contributed by atoms with Gasteiger partial charge in [-0.05, 0) is 41.0 Å². The molecular formula is C27H25N3O4. The number of anilines is 1. The highest BCUT2D eigenvalue weighted by molar-refractivity contribution is 6.06. The minimum absolute atomic E-state index is 0.0451. The molecular weight excluding hydrogens is 430 g/mol. The van der Waals surface area contributed by atoms with Crippen molar-refractivity contribution < 1.29 is 19.1 Å². The van der Waals surface area contributed by atoms with Crippen molar-refractivity contribution in [3.05, 3.63) is 89.6 Å². The molecule has 3 N–H and O–H groups in total. The summed E-state index contributed by atoms with van der Waals surface area (Å²) >= 11 is 0. The summed E-state index contributed by atoms with van der Waals surface area (Å²) in [5.74, 6) is 0.121. The van der Waals surface area contributed by atoms with Gasteiger partial charge in [-0.2, -0.15) is 0 Å². The number of ether oxygens (including phenoxy) is 2. The van der Waals surface area contributed by atoms with Crippen LogP contribution in [0.5, 0.6) is 11.5 Å². The molecule has 0 fully saturated rings. The summed E-state index contributed by atoms with van der Waals surface area (Å²) in [4.78, 5) is 23.9. The first-order valence-electron chi connectivity index (χ1n) is 11.1. The second kappa shape index (κ2) is 8.94. The minimum Gasteiger partial charge on any atom is -0.493 e. The molecule has 7 heteroatoms. The number of benzene rings is 3. The predicted molar refractivity (Wildman–Crippen MR) is 130 cm³/mol. The number of methoxy groups -OCH3 is 1. The fourth-order valence-corrected chi connectivity index (χ4v) is 4.63. The summed E-state index contributed by atoms with van der Waals surface area (Å²) in [7, 11) is 1.54. The topological polar surface area (TPSA) is 95.6 Å². The van der Waals surface area contributed by atoms with Crippen LogP contribution in [0.15, 0.2) is 72.9 Å². The van der Waals surface area contributed by atoms with Crippen LogP contribution < -0.4 is 20.5 Å². The number of amides is 2. The van der Waals surface area contributed by atoms with Crippen LogP contribution >= 0.6 is 0 Å². The molecule has 1 atom stereocenters. The van der Waals surface area contributed by atoms with Crippen molar-refractivity contribution in [1.29, 1.82) is 0 Å². The first-order chi connectivity index (χ1) is 16.5. The van der Waals surface area contributed by atoms with Crippen LogP contribution in [0.1, 0.15) is 29.0 Å². The van der Waals surface area contributed by atoms with Gasteiger partial charge in [0.2, 0.25) is 5.91 Å². The highest BCUT2D eigenvalue weighted by atomic mass is 16.5. The van der Waals surface area contributed by atoms with Gasteiger partial charge in [0, 0.05) is 30.5 Å². The van der Waals surface area contributed by atoms with Gasteiger partial charge in [-0.25, -0.2) is 0 Å². The molecule has 7 nitrogen and oxygen atoms in total. The maximum atomic E-state index is 12.8. The Balaban J connectivity index is 1.60. The van der Waals surface area contributed by atoms with E-state index in [9.17, 15) is 9.59 Å². The summed E-state index contributed by atoms with van der Waals surface area (Å²) in [5, 5.41) is 4.12. The molecule has 172 valence electrons. The number of nitrogens with one attached hydrogen (secondary N) is 1. The fraction of sp³-hybridized carbons (Fsp3) is 0.185. The lowest BCUT2D eigenvalue weighted by atomic mass is 9.88. The molecule has 0 radical (unpaired) electrons. The molecule has 0 spiro atoms. The minimum atomic E-state index is -0.565. The standard InChI is InChI=1S/C27H25N3O4/c1-33-24-12-18(10-11-23(24)34-16-25(28)31)19-13-26(32)29-21-8-5-9-22-27(21)20(19)15-30(22)14-17-6-3-2-4-7-17/h2-12,15,19H,13-14,16H2,1H3,(H2,28,31)(H,29,32)/t19-/m0/s1. The molecule has 1 aromatic heterocycles. The van der Waals surface area contributed by atoms with Gasteiger partial charge in [0.05, 0.1) is 18.3 Å². The summed E-state index contributed by atoms with van der Waals surface area (Å²) in [6.07, 6.45) is 2.44. The van der Waals surface area contributed by atoms with Crippen molar-refractivity contribution in [2.75, 3.05) is 19.0 Å². The van der Waals surface area contributed by atoms with Gasteiger partial charge in [-0.3, -0.25) is 9.59 Å². The zero-order valence-corrected chi connectivity index (χ0v) is 18.8. The van der Waals surface area contributed by atoms with Gasteiger partial charge in [0.15, 0.2) is 18.1 Å². The largest absolute Gasteiger partial charge is 0.493 e. The van der Waals surface area contributed by atoms with Crippen molar-refractivity contribution in [3.63, 3.8) is 0 Å². The lowest BCUT2D eigenvalue weighted by Gasteiger charge is -2.17. The van der Waals surface area contributed by atoms with Crippen molar-refractivity contribution in [2.24, 2.45) is 5.73 Å². The number of carbonyl (C=O) groups excluding carboxylic acids is 2. The molecule has 5 rings (SSSR count). The van der Waals surface area contributed by atoms with Crippen LogP contribution in [0.2, 0.25) is 0 Å². The van der Waals surface area contributed by atoms with Gasteiger partial charge in [-0.15, -0.1) is 0 Å². The predicted octanol–water partition coefficient (Wildman–Crippen LogP) is 4.04. The molecule has 0 unspecified atom stereocenters. The molecule has 2 amide bonds. The number of hydrogen-bond acceptors (Lipinski definition) is 4. The number of nitrogens with two attached hydrogens (primary N) is 1. The average Bonchev–Trinajstić information content (AvgIpc) is 3.13. The van der Waals surface area contributed by atoms with E-state index in [0.717, 1.165) is 34.3 Å². The van der Waals surface area contributed by atoms with Crippen LogP contribution in [0, 0.1) is 0 Å². The van der Waals surface area contributed by atoms with Crippen molar-refractivity contribution in [2.45, 2.75) is 18.9 Å². The molecule has 2 heterocycles. The maximum absolute atomic E-state index is 12.8. The lowest BCUT2D eigenvalue weighted by Crippen LogP contribution is -2.20. The molecule has 4 aromatic rings. The van der Waals surface area contributed by atoms with Crippen LogP contribution in [0.25, 0.3) is 10.9 Å². The molecule has 1 aliphatic heterocycles. The van der Waals surface area contributed by atoms with Crippen LogP contribution in [0.3, 0.4) is 0 Å². The lowest BCUT2D eigenvalue weighted by molar-refractivity contribution is -0.120. The molecule has 0 saturated heterocycles. The Bertz CT molecular complexity index is 1380. The average molecular weight is 456 g/mol. The fourth-order valence-electron chi connectivity index (χ4n) is 4.63. The van der Waals surface area contributed by atoms with E-state index in [4.69, 9.17) is 15.2 Å². The summed E-state index contributed by atoms with van der Waals surface area (Å²) in [6, 6.07) is 21.8. The number of primary amides is 1. The number of rotatable bonds is 7. The van der Waals surface area contributed by atoms with Gasteiger partial charge in [0.1, 0.15) is 0 Å². The van der Waals surface area contributed by atoms with Crippen molar-refractivity contribution in [3.8, 4) is 11.5 Å². The Morgan fingerprint density at radius 3 is 2.68 bits per heavy atom. The second-order valence-electron chi connectivity index (χ2n) is 8.37. The SMILES string of the molecule is COc1cc([C@@H]2CC(=O)Nc3cccc4c3c2cn4Cc2ccccc2)ccc1OCC(N)=O. The first-order valence-corrected chi connectivity index (χ1v) is 11.1. The third-order valence-electron chi connectivity index (χ3n) is 6.13. The quantitative estimate of drug-likeness (QED) is 0.440. The highest BCUT2D eigenvalue weighted by Gasteiger charge is 2.28. The molecule has 1 aliphatic rings. The molecule has 0 saturated carbocycles. The third kappa shape index (κ3) is 4.08. The van der Waals surface area contributed by atoms with E-state index in [-0.39, 0.29) is 18.4 Å². The summed E-state index contributed by atoms with van der Waals surface area (Å²) < 4.78 is 13.2. The van der Waals surface area contributed by atoms with Crippen molar-refractivity contribution in [1.82, 2.24) is 4.57 Å². The Morgan fingerprint density at radius 1 is 1.09 bits per heavy atom. The number of aromatic nitrogens is 1. The maximum Gasteiger partial charge on any atom is 0.255 e. The third-order valence-corrected chi connectivity index (χ3v) is 6.13. The Kier molecular flexibility index (Phi) is 5.67. The molecule has 3 aromatic carbocycles. The summed E-state index contributed by atoms with van der Waals surface area (Å²) in [5.41, 5.74) is 10.3. The van der Waals surface area contributed by atoms with Crippen LogP contribution in [-0.4, -0.2) is 30.1 Å². The van der Waals surface area contributed by atoms with E-state index in [1.165, 1.54) is 5.56 Å². The van der Waals surface area contributed by atoms with Gasteiger partial charge in [-0.1, -0.05) is 42.5 Å². The zero-order chi connectivity index (χ0) is 23.7. The van der Waals surface area contributed by atoms with E-state index < -0.39 is 5.91 Å².